The van der Waals surface area contributed by atoms with Gasteiger partial charge in [-0.3, -0.25) is 13.9 Å². The zero-order valence-corrected chi connectivity index (χ0v) is 24.9. The zero-order valence-electron chi connectivity index (χ0n) is 24.0. The number of methoxy groups -OCH3 is 1. The van der Waals surface area contributed by atoms with Gasteiger partial charge in [0.05, 0.1) is 17.7 Å². The van der Waals surface area contributed by atoms with Crippen molar-refractivity contribution < 1.29 is 22.7 Å². The standard InChI is InChI=1S/C31H39N3O5S/c1-7-24(4)32-31(36)25(5)33(20-26-14-17-28(39-6)18-15-26)30(35)21-34(27-16-13-22(2)23(3)19-27)40(37,38)29-11-9-8-10-12-29/h8-19,24-25H,7,20-21H2,1-6H3,(H,32,36)/t24-,25-/m1/s1. The Kier molecular flexibility index (Phi) is 10.3. The van der Waals surface area contributed by atoms with Gasteiger partial charge in [-0.25, -0.2) is 8.42 Å². The van der Waals surface area contributed by atoms with E-state index in [4.69, 9.17) is 4.74 Å². The molecule has 0 spiro atoms. The minimum Gasteiger partial charge on any atom is -0.497 e. The lowest BCUT2D eigenvalue weighted by atomic mass is 10.1. The molecule has 0 aliphatic carbocycles. The molecular weight excluding hydrogens is 526 g/mol. The molecule has 0 aliphatic rings. The molecular formula is C31H39N3O5S. The maximum atomic E-state index is 14.0. The van der Waals surface area contributed by atoms with Gasteiger partial charge in [-0.15, -0.1) is 0 Å². The molecule has 1 N–H and O–H groups in total. The van der Waals surface area contributed by atoms with E-state index in [0.29, 0.717) is 11.4 Å². The average molecular weight is 566 g/mol. The second kappa shape index (κ2) is 13.5. The largest absolute Gasteiger partial charge is 0.497 e. The molecule has 40 heavy (non-hydrogen) atoms. The molecule has 0 fully saturated rings. The summed E-state index contributed by atoms with van der Waals surface area (Å²) in [6, 6.07) is 19.6. The van der Waals surface area contributed by atoms with E-state index >= 15 is 0 Å². The van der Waals surface area contributed by atoms with Gasteiger partial charge in [0, 0.05) is 12.6 Å². The van der Waals surface area contributed by atoms with Gasteiger partial charge in [0.1, 0.15) is 18.3 Å². The van der Waals surface area contributed by atoms with Crippen LogP contribution in [0.1, 0.15) is 43.9 Å². The third-order valence-corrected chi connectivity index (χ3v) is 8.86. The number of carbonyl (C=O) groups is 2. The van der Waals surface area contributed by atoms with Crippen LogP contribution in [0.3, 0.4) is 0 Å². The van der Waals surface area contributed by atoms with E-state index < -0.39 is 28.5 Å². The summed E-state index contributed by atoms with van der Waals surface area (Å²) in [4.78, 5) is 28.6. The first-order valence-electron chi connectivity index (χ1n) is 13.4. The van der Waals surface area contributed by atoms with Gasteiger partial charge in [0.15, 0.2) is 0 Å². The highest BCUT2D eigenvalue weighted by Gasteiger charge is 2.32. The van der Waals surface area contributed by atoms with Crippen molar-refractivity contribution in [2.75, 3.05) is 18.0 Å². The molecule has 3 aromatic rings. The Hall–Kier alpha value is -3.85. The molecule has 0 radical (unpaired) electrons. The number of hydrogen-bond acceptors (Lipinski definition) is 5. The predicted octanol–water partition coefficient (Wildman–Crippen LogP) is 4.84. The van der Waals surface area contributed by atoms with E-state index in [0.717, 1.165) is 27.4 Å². The van der Waals surface area contributed by atoms with Gasteiger partial charge in [-0.05, 0) is 87.2 Å². The highest BCUT2D eigenvalue weighted by Crippen LogP contribution is 2.26. The second-order valence-electron chi connectivity index (χ2n) is 9.96. The van der Waals surface area contributed by atoms with Crippen molar-refractivity contribution in [2.45, 2.75) is 64.6 Å². The minimum atomic E-state index is -4.09. The molecule has 0 aromatic heterocycles. The van der Waals surface area contributed by atoms with Crippen LogP contribution < -0.4 is 14.4 Å². The molecule has 0 heterocycles. The van der Waals surface area contributed by atoms with Crippen LogP contribution in [0.25, 0.3) is 0 Å². The van der Waals surface area contributed by atoms with E-state index in [9.17, 15) is 18.0 Å². The number of ether oxygens (including phenoxy) is 1. The molecule has 0 saturated carbocycles. The van der Waals surface area contributed by atoms with Crippen LogP contribution in [0.15, 0.2) is 77.7 Å². The fourth-order valence-corrected chi connectivity index (χ4v) is 5.53. The van der Waals surface area contributed by atoms with Crippen molar-refractivity contribution in [2.24, 2.45) is 0 Å². The molecule has 0 saturated heterocycles. The van der Waals surface area contributed by atoms with Crippen molar-refractivity contribution in [1.29, 1.82) is 0 Å². The minimum absolute atomic E-state index is 0.0709. The van der Waals surface area contributed by atoms with Crippen LogP contribution in [-0.4, -0.2) is 50.9 Å². The van der Waals surface area contributed by atoms with Crippen LogP contribution in [-0.2, 0) is 26.2 Å². The fraction of sp³-hybridized carbons (Fsp3) is 0.355. The van der Waals surface area contributed by atoms with Crippen molar-refractivity contribution in [3.05, 3.63) is 89.5 Å². The highest BCUT2D eigenvalue weighted by atomic mass is 32.2. The Morgan fingerprint density at radius 3 is 2.15 bits per heavy atom. The number of nitrogens with zero attached hydrogens (tertiary/aromatic N) is 2. The Morgan fingerprint density at radius 1 is 0.925 bits per heavy atom. The van der Waals surface area contributed by atoms with Crippen LogP contribution in [0.4, 0.5) is 5.69 Å². The molecule has 2 atom stereocenters. The number of carbonyl (C=O) groups excluding carboxylic acids is 2. The first-order chi connectivity index (χ1) is 19.0. The lowest BCUT2D eigenvalue weighted by molar-refractivity contribution is -0.139. The monoisotopic (exact) mass is 565 g/mol. The maximum Gasteiger partial charge on any atom is 0.264 e. The molecule has 8 nitrogen and oxygen atoms in total. The summed E-state index contributed by atoms with van der Waals surface area (Å²) in [6.07, 6.45) is 0.737. The third-order valence-electron chi connectivity index (χ3n) is 7.07. The van der Waals surface area contributed by atoms with Gasteiger partial charge in [-0.2, -0.15) is 0 Å². The molecule has 9 heteroatoms. The van der Waals surface area contributed by atoms with Crippen LogP contribution >= 0.6 is 0 Å². The van der Waals surface area contributed by atoms with E-state index in [2.05, 4.69) is 5.32 Å². The molecule has 0 unspecified atom stereocenters. The predicted molar refractivity (Wildman–Crippen MR) is 158 cm³/mol. The Balaban J connectivity index is 2.03. The number of benzene rings is 3. The van der Waals surface area contributed by atoms with E-state index in [-0.39, 0.29) is 23.4 Å². The normalized spacial score (nSPS) is 12.8. The number of amides is 2. The van der Waals surface area contributed by atoms with Gasteiger partial charge in [0.25, 0.3) is 10.0 Å². The van der Waals surface area contributed by atoms with Crippen molar-refractivity contribution in [1.82, 2.24) is 10.2 Å². The van der Waals surface area contributed by atoms with Crippen molar-refractivity contribution >= 4 is 27.5 Å². The lowest BCUT2D eigenvalue weighted by Gasteiger charge is -2.32. The molecule has 3 rings (SSSR count). The molecule has 0 aliphatic heterocycles. The van der Waals surface area contributed by atoms with Crippen LogP contribution in [0.5, 0.6) is 5.75 Å². The Bertz CT molecular complexity index is 1410. The number of hydrogen-bond donors (Lipinski definition) is 1. The lowest BCUT2D eigenvalue weighted by Crippen LogP contribution is -2.52. The highest BCUT2D eigenvalue weighted by molar-refractivity contribution is 7.92. The Labute approximate surface area is 238 Å². The zero-order chi connectivity index (χ0) is 29.4. The summed E-state index contributed by atoms with van der Waals surface area (Å²) in [5.74, 6) is -0.140. The van der Waals surface area contributed by atoms with E-state index in [1.54, 1.807) is 56.5 Å². The fourth-order valence-electron chi connectivity index (χ4n) is 4.10. The summed E-state index contributed by atoms with van der Waals surface area (Å²) in [6.45, 7) is 8.99. The van der Waals surface area contributed by atoms with Gasteiger partial charge < -0.3 is 15.0 Å². The Morgan fingerprint density at radius 2 is 1.57 bits per heavy atom. The summed E-state index contributed by atoms with van der Waals surface area (Å²) in [5.41, 5.74) is 3.06. The SMILES string of the molecule is CC[C@@H](C)NC(=O)[C@@H](C)N(Cc1ccc(OC)cc1)C(=O)CN(c1ccc(C)c(C)c1)S(=O)(=O)c1ccccc1. The molecule has 0 bridgehead atoms. The smallest absolute Gasteiger partial charge is 0.264 e. The van der Waals surface area contributed by atoms with E-state index in [1.807, 2.05) is 45.9 Å². The summed E-state index contributed by atoms with van der Waals surface area (Å²) < 4.78 is 34.1. The van der Waals surface area contributed by atoms with Gasteiger partial charge in [-0.1, -0.05) is 43.3 Å². The first-order valence-corrected chi connectivity index (χ1v) is 14.8. The van der Waals surface area contributed by atoms with Crippen molar-refractivity contribution in [3.63, 3.8) is 0 Å². The quantitative estimate of drug-likeness (QED) is 0.339. The number of aryl methyl sites for hydroxylation is 2. The molecule has 2 amide bonds. The summed E-state index contributed by atoms with van der Waals surface area (Å²) in [7, 11) is -2.52. The van der Waals surface area contributed by atoms with E-state index in [1.165, 1.54) is 17.0 Å². The number of anilines is 1. The van der Waals surface area contributed by atoms with Gasteiger partial charge >= 0.3 is 0 Å². The summed E-state index contributed by atoms with van der Waals surface area (Å²) >= 11 is 0. The number of nitrogens with one attached hydrogen (secondary N) is 1. The van der Waals surface area contributed by atoms with Gasteiger partial charge in [0.2, 0.25) is 11.8 Å². The number of sulfonamides is 1. The van der Waals surface area contributed by atoms with Crippen LogP contribution in [0.2, 0.25) is 0 Å². The second-order valence-corrected chi connectivity index (χ2v) is 11.8. The topological polar surface area (TPSA) is 96.0 Å². The van der Waals surface area contributed by atoms with Crippen molar-refractivity contribution in [3.8, 4) is 5.75 Å². The number of rotatable bonds is 12. The molecule has 3 aromatic carbocycles. The summed E-state index contributed by atoms with van der Waals surface area (Å²) in [5, 5.41) is 2.94. The van der Waals surface area contributed by atoms with Crippen LogP contribution in [0, 0.1) is 13.8 Å². The molecule has 214 valence electrons. The first kappa shape index (κ1) is 30.7. The third kappa shape index (κ3) is 7.41. The maximum absolute atomic E-state index is 14.0. The average Bonchev–Trinajstić information content (AvgIpc) is 2.96.